The number of rotatable bonds is 2. The largest absolute Gasteiger partial charge is 0.392 e. The molecule has 0 unspecified atom stereocenters. The first-order valence-corrected chi connectivity index (χ1v) is 7.02. The summed E-state index contributed by atoms with van der Waals surface area (Å²) in [4.78, 5) is 12.4. The monoisotopic (exact) mass is 271 g/mol. The Kier molecular flexibility index (Phi) is 3.27. The molecule has 1 heterocycles. The van der Waals surface area contributed by atoms with Crippen molar-refractivity contribution in [3.05, 3.63) is 48.0 Å². The molecule has 3 nitrogen and oxygen atoms in total. The molecule has 1 aliphatic rings. The van der Waals surface area contributed by atoms with Crippen molar-refractivity contribution in [3.63, 3.8) is 0 Å². The maximum Gasteiger partial charge on any atom is 0.234 e. The Morgan fingerprint density at radius 3 is 2.84 bits per heavy atom. The van der Waals surface area contributed by atoms with E-state index >= 15 is 0 Å². The zero-order valence-electron chi connectivity index (χ0n) is 10.2. The number of hydrogen-bond donors (Lipinski definition) is 2. The minimum atomic E-state index is 0.0452. The molecular formula is C15H13NO2S. The summed E-state index contributed by atoms with van der Waals surface area (Å²) in [5.41, 5.74) is 3.95. The fourth-order valence-corrected chi connectivity index (χ4v) is 2.95. The van der Waals surface area contributed by atoms with Gasteiger partial charge in [0.2, 0.25) is 5.91 Å². The standard InChI is InChI=1S/C15H13NO2S/c17-8-10-2-1-3-11(6-10)12-4-5-13-14(7-12)19-9-15(18)16-13/h1-7,17H,8-9H2,(H,16,18). The van der Waals surface area contributed by atoms with E-state index in [0.717, 1.165) is 27.3 Å². The van der Waals surface area contributed by atoms with Gasteiger partial charge in [-0.25, -0.2) is 0 Å². The Balaban J connectivity index is 1.99. The maximum absolute atomic E-state index is 11.3. The molecule has 0 saturated heterocycles. The number of benzene rings is 2. The molecule has 0 fully saturated rings. The van der Waals surface area contributed by atoms with E-state index in [-0.39, 0.29) is 12.5 Å². The Labute approximate surface area is 115 Å². The highest BCUT2D eigenvalue weighted by molar-refractivity contribution is 8.00. The Morgan fingerprint density at radius 2 is 2.00 bits per heavy atom. The number of amides is 1. The summed E-state index contributed by atoms with van der Waals surface area (Å²) < 4.78 is 0. The number of carbonyl (C=O) groups excluding carboxylic acids is 1. The van der Waals surface area contributed by atoms with E-state index in [4.69, 9.17) is 0 Å². The van der Waals surface area contributed by atoms with Gasteiger partial charge < -0.3 is 10.4 Å². The summed E-state index contributed by atoms with van der Waals surface area (Å²) in [6.07, 6.45) is 0. The molecule has 0 spiro atoms. The molecule has 0 atom stereocenters. The van der Waals surface area contributed by atoms with Crippen molar-refractivity contribution in [2.75, 3.05) is 11.1 Å². The van der Waals surface area contributed by atoms with Crippen LogP contribution in [0.5, 0.6) is 0 Å². The van der Waals surface area contributed by atoms with Crippen LogP contribution in [0.1, 0.15) is 5.56 Å². The van der Waals surface area contributed by atoms with Crippen LogP contribution in [0.4, 0.5) is 5.69 Å². The number of anilines is 1. The zero-order chi connectivity index (χ0) is 13.2. The number of fused-ring (bicyclic) bond motifs is 1. The second-order valence-corrected chi connectivity index (χ2v) is 5.42. The lowest BCUT2D eigenvalue weighted by Gasteiger charge is -2.17. The summed E-state index contributed by atoms with van der Waals surface area (Å²) in [6.45, 7) is 0.0452. The average molecular weight is 271 g/mol. The van der Waals surface area contributed by atoms with Gasteiger partial charge in [-0.2, -0.15) is 0 Å². The van der Waals surface area contributed by atoms with Crippen LogP contribution in [0.2, 0.25) is 0 Å². The van der Waals surface area contributed by atoms with Gasteiger partial charge in [-0.05, 0) is 34.9 Å². The van der Waals surface area contributed by atoms with Gasteiger partial charge in [-0.15, -0.1) is 11.8 Å². The van der Waals surface area contributed by atoms with Crippen LogP contribution in [0.15, 0.2) is 47.4 Å². The van der Waals surface area contributed by atoms with Gasteiger partial charge >= 0.3 is 0 Å². The molecule has 0 aromatic heterocycles. The van der Waals surface area contributed by atoms with Crippen molar-refractivity contribution in [2.45, 2.75) is 11.5 Å². The molecule has 3 rings (SSSR count). The van der Waals surface area contributed by atoms with Gasteiger partial charge in [-0.1, -0.05) is 24.3 Å². The van der Waals surface area contributed by atoms with Crippen LogP contribution in [-0.4, -0.2) is 16.8 Å². The summed E-state index contributed by atoms with van der Waals surface area (Å²) in [7, 11) is 0. The number of hydrogen-bond acceptors (Lipinski definition) is 3. The zero-order valence-corrected chi connectivity index (χ0v) is 11.0. The molecule has 0 aliphatic carbocycles. The van der Waals surface area contributed by atoms with Crippen molar-refractivity contribution in [1.82, 2.24) is 0 Å². The second-order valence-electron chi connectivity index (χ2n) is 4.41. The molecule has 1 amide bonds. The summed E-state index contributed by atoms with van der Waals surface area (Å²) in [5.74, 6) is 0.514. The van der Waals surface area contributed by atoms with E-state index in [0.29, 0.717) is 5.75 Å². The molecule has 96 valence electrons. The normalized spacial score (nSPS) is 13.8. The first kappa shape index (κ1) is 12.3. The first-order chi connectivity index (χ1) is 9.26. The van der Waals surface area contributed by atoms with Crippen LogP contribution in [-0.2, 0) is 11.4 Å². The van der Waals surface area contributed by atoms with Crippen molar-refractivity contribution in [3.8, 4) is 11.1 Å². The van der Waals surface area contributed by atoms with Crippen LogP contribution < -0.4 is 5.32 Å². The Hall–Kier alpha value is -1.78. The third-order valence-electron chi connectivity index (χ3n) is 3.06. The smallest absolute Gasteiger partial charge is 0.234 e. The van der Waals surface area contributed by atoms with Crippen molar-refractivity contribution < 1.29 is 9.90 Å². The van der Waals surface area contributed by atoms with Gasteiger partial charge in [0, 0.05) is 4.90 Å². The number of aliphatic hydroxyl groups excluding tert-OH is 1. The van der Waals surface area contributed by atoms with Crippen molar-refractivity contribution in [2.24, 2.45) is 0 Å². The molecule has 2 aromatic rings. The molecule has 1 aliphatic heterocycles. The maximum atomic E-state index is 11.3. The molecule has 0 bridgehead atoms. The van der Waals surface area contributed by atoms with Crippen LogP contribution in [0.3, 0.4) is 0 Å². The van der Waals surface area contributed by atoms with E-state index in [1.807, 2.05) is 36.4 Å². The third kappa shape index (κ3) is 2.50. The molecule has 4 heteroatoms. The fourth-order valence-electron chi connectivity index (χ4n) is 2.10. The first-order valence-electron chi connectivity index (χ1n) is 6.03. The molecule has 19 heavy (non-hydrogen) atoms. The van der Waals surface area contributed by atoms with Crippen LogP contribution in [0.25, 0.3) is 11.1 Å². The topological polar surface area (TPSA) is 49.3 Å². The minimum absolute atomic E-state index is 0.0452. The highest BCUT2D eigenvalue weighted by Crippen LogP contribution is 2.35. The molecule has 0 saturated carbocycles. The lowest BCUT2D eigenvalue weighted by Crippen LogP contribution is -2.18. The van der Waals surface area contributed by atoms with Crippen molar-refractivity contribution >= 4 is 23.4 Å². The van der Waals surface area contributed by atoms with E-state index in [1.165, 1.54) is 0 Å². The average Bonchev–Trinajstić information content (AvgIpc) is 2.46. The Bertz CT molecular complexity index is 640. The molecular weight excluding hydrogens is 258 g/mol. The van der Waals surface area contributed by atoms with Gasteiger partial charge in [-0.3, -0.25) is 4.79 Å². The lowest BCUT2D eigenvalue weighted by atomic mass is 10.0. The molecule has 2 N–H and O–H groups in total. The molecule has 0 radical (unpaired) electrons. The number of nitrogens with one attached hydrogen (secondary N) is 1. The SMILES string of the molecule is O=C1CSc2cc(-c3cccc(CO)c3)ccc2N1. The van der Waals surface area contributed by atoms with Gasteiger partial charge in [0.15, 0.2) is 0 Å². The van der Waals surface area contributed by atoms with E-state index < -0.39 is 0 Å². The number of aliphatic hydroxyl groups is 1. The lowest BCUT2D eigenvalue weighted by molar-refractivity contribution is -0.113. The van der Waals surface area contributed by atoms with Gasteiger partial charge in [0.1, 0.15) is 0 Å². The highest BCUT2D eigenvalue weighted by atomic mass is 32.2. The Morgan fingerprint density at radius 1 is 1.16 bits per heavy atom. The van der Waals surface area contributed by atoms with Crippen LogP contribution in [0, 0.1) is 0 Å². The van der Waals surface area contributed by atoms with Crippen LogP contribution >= 0.6 is 11.8 Å². The van der Waals surface area contributed by atoms with Crippen molar-refractivity contribution in [1.29, 1.82) is 0 Å². The summed E-state index contributed by atoms with van der Waals surface area (Å²) in [5, 5.41) is 12.0. The minimum Gasteiger partial charge on any atom is -0.392 e. The second kappa shape index (κ2) is 5.07. The van der Waals surface area contributed by atoms with Gasteiger partial charge in [0.05, 0.1) is 18.0 Å². The van der Waals surface area contributed by atoms with Gasteiger partial charge in [0.25, 0.3) is 0 Å². The number of thioether (sulfide) groups is 1. The summed E-state index contributed by atoms with van der Waals surface area (Å²) >= 11 is 1.55. The van der Waals surface area contributed by atoms with E-state index in [9.17, 15) is 9.90 Å². The third-order valence-corrected chi connectivity index (χ3v) is 4.11. The quantitative estimate of drug-likeness (QED) is 0.883. The van der Waals surface area contributed by atoms with E-state index in [1.54, 1.807) is 11.8 Å². The number of carbonyl (C=O) groups is 1. The summed E-state index contributed by atoms with van der Waals surface area (Å²) in [6, 6.07) is 13.8. The predicted molar refractivity (Wildman–Crippen MR) is 77.2 cm³/mol. The highest BCUT2D eigenvalue weighted by Gasteiger charge is 2.15. The molecule has 2 aromatic carbocycles. The fraction of sp³-hybridized carbons (Fsp3) is 0.133. The van der Waals surface area contributed by atoms with E-state index in [2.05, 4.69) is 11.4 Å². The predicted octanol–water partition coefficient (Wildman–Crippen LogP) is 2.89.